The topological polar surface area (TPSA) is 9.23 Å². The molecule has 74 valence electrons. The number of thioether (sulfide) groups is 1. The van der Waals surface area contributed by atoms with Crippen LogP contribution in [0.15, 0.2) is 0 Å². The second-order valence-corrected chi connectivity index (χ2v) is 4.66. The van der Waals surface area contributed by atoms with E-state index in [-0.39, 0.29) is 0 Å². The van der Waals surface area contributed by atoms with Gasteiger partial charge in [-0.25, -0.2) is 0 Å². The summed E-state index contributed by atoms with van der Waals surface area (Å²) in [6.07, 6.45) is 2.39. The molecular weight excluding hydrogens is 192 g/mol. The molecule has 0 saturated carbocycles. The van der Waals surface area contributed by atoms with Crippen molar-refractivity contribution in [2.75, 3.05) is 24.8 Å². The first-order valence-corrected chi connectivity index (χ1v) is 6.14. The molecule has 0 saturated heterocycles. The van der Waals surface area contributed by atoms with Gasteiger partial charge in [0.25, 0.3) is 0 Å². The number of ether oxygens (including phenoxy) is 1. The lowest BCUT2D eigenvalue weighted by Gasteiger charge is -2.06. The van der Waals surface area contributed by atoms with Gasteiger partial charge in [-0.15, -0.1) is 11.6 Å². The molecule has 1 nitrogen and oxygen atoms in total. The maximum Gasteiger partial charge on any atom is 0.0556 e. The van der Waals surface area contributed by atoms with Crippen LogP contribution in [0, 0.1) is 0 Å². The quantitative estimate of drug-likeness (QED) is 0.450. The summed E-state index contributed by atoms with van der Waals surface area (Å²) in [4.78, 5) is 0. The second kappa shape index (κ2) is 9.69. The molecule has 0 rings (SSSR count). The van der Waals surface area contributed by atoms with Crippen molar-refractivity contribution in [3.63, 3.8) is 0 Å². The standard InChI is InChI=1S/C9H19ClOS/c1-3-4-5-11-6-7-12-9(2)8-10/h9H,3-8H2,1-2H3. The zero-order valence-electron chi connectivity index (χ0n) is 8.01. The van der Waals surface area contributed by atoms with Crippen LogP contribution in [-0.2, 0) is 4.74 Å². The van der Waals surface area contributed by atoms with E-state index in [0.717, 1.165) is 24.8 Å². The van der Waals surface area contributed by atoms with Gasteiger partial charge in [-0.1, -0.05) is 20.3 Å². The molecular formula is C9H19ClOS. The van der Waals surface area contributed by atoms with Gasteiger partial charge in [0.05, 0.1) is 6.61 Å². The van der Waals surface area contributed by atoms with Gasteiger partial charge < -0.3 is 4.74 Å². The van der Waals surface area contributed by atoms with E-state index in [9.17, 15) is 0 Å². The van der Waals surface area contributed by atoms with Crippen LogP contribution < -0.4 is 0 Å². The van der Waals surface area contributed by atoms with E-state index in [0.29, 0.717) is 5.25 Å². The van der Waals surface area contributed by atoms with Gasteiger partial charge in [-0.3, -0.25) is 0 Å². The molecule has 0 bridgehead atoms. The van der Waals surface area contributed by atoms with Crippen LogP contribution in [-0.4, -0.2) is 30.1 Å². The van der Waals surface area contributed by atoms with Crippen molar-refractivity contribution in [2.24, 2.45) is 0 Å². The first-order chi connectivity index (χ1) is 5.81. The number of rotatable bonds is 8. The van der Waals surface area contributed by atoms with Crippen molar-refractivity contribution in [3.05, 3.63) is 0 Å². The maximum atomic E-state index is 5.65. The fourth-order valence-electron chi connectivity index (χ4n) is 0.701. The molecule has 0 radical (unpaired) electrons. The Hall–Kier alpha value is 0.600. The van der Waals surface area contributed by atoms with Crippen LogP contribution in [0.4, 0.5) is 0 Å². The minimum atomic E-state index is 0.557. The third-order valence-electron chi connectivity index (χ3n) is 1.49. The van der Waals surface area contributed by atoms with E-state index in [2.05, 4.69) is 13.8 Å². The zero-order chi connectivity index (χ0) is 9.23. The molecule has 0 aromatic rings. The number of hydrogen-bond donors (Lipinski definition) is 0. The number of hydrogen-bond acceptors (Lipinski definition) is 2. The first-order valence-electron chi connectivity index (χ1n) is 4.56. The van der Waals surface area contributed by atoms with Crippen molar-refractivity contribution in [1.29, 1.82) is 0 Å². The lowest BCUT2D eigenvalue weighted by Crippen LogP contribution is -2.04. The Morgan fingerprint density at radius 3 is 2.75 bits per heavy atom. The van der Waals surface area contributed by atoms with Crippen molar-refractivity contribution in [2.45, 2.75) is 31.9 Å². The maximum absolute atomic E-state index is 5.65. The molecule has 0 aliphatic heterocycles. The minimum absolute atomic E-state index is 0.557. The highest BCUT2D eigenvalue weighted by molar-refractivity contribution is 7.99. The molecule has 0 aromatic carbocycles. The van der Waals surface area contributed by atoms with Crippen LogP contribution in [0.25, 0.3) is 0 Å². The lowest BCUT2D eigenvalue weighted by atomic mass is 10.4. The zero-order valence-corrected chi connectivity index (χ0v) is 9.59. The van der Waals surface area contributed by atoms with Gasteiger partial charge in [0, 0.05) is 23.5 Å². The van der Waals surface area contributed by atoms with Crippen molar-refractivity contribution < 1.29 is 4.74 Å². The molecule has 3 heteroatoms. The van der Waals surface area contributed by atoms with E-state index >= 15 is 0 Å². The number of halogens is 1. The Bertz CT molecular complexity index is 90.6. The van der Waals surface area contributed by atoms with Gasteiger partial charge in [0.2, 0.25) is 0 Å². The average Bonchev–Trinajstić information content (AvgIpc) is 2.10. The van der Waals surface area contributed by atoms with E-state index < -0.39 is 0 Å². The van der Waals surface area contributed by atoms with Crippen molar-refractivity contribution in [3.8, 4) is 0 Å². The van der Waals surface area contributed by atoms with Gasteiger partial charge >= 0.3 is 0 Å². The van der Waals surface area contributed by atoms with E-state index in [1.54, 1.807) is 0 Å². The predicted octanol–water partition coefficient (Wildman–Crippen LogP) is 3.16. The Kier molecular flexibility index (Phi) is 10.2. The van der Waals surface area contributed by atoms with E-state index in [1.165, 1.54) is 12.8 Å². The Labute approximate surface area is 85.2 Å². The highest BCUT2D eigenvalue weighted by Crippen LogP contribution is 2.10. The summed E-state index contributed by atoms with van der Waals surface area (Å²) < 4.78 is 5.41. The molecule has 1 atom stereocenters. The Balaban J connectivity index is 2.90. The molecule has 0 fully saturated rings. The van der Waals surface area contributed by atoms with Crippen LogP contribution in [0.2, 0.25) is 0 Å². The summed E-state index contributed by atoms with van der Waals surface area (Å²) >= 11 is 7.53. The van der Waals surface area contributed by atoms with Crippen LogP contribution >= 0.6 is 23.4 Å². The van der Waals surface area contributed by atoms with E-state index in [1.807, 2.05) is 11.8 Å². The summed E-state index contributed by atoms with van der Waals surface area (Å²) in [5.74, 6) is 1.80. The summed E-state index contributed by atoms with van der Waals surface area (Å²) in [6.45, 7) is 6.09. The third kappa shape index (κ3) is 8.69. The molecule has 12 heavy (non-hydrogen) atoms. The highest BCUT2D eigenvalue weighted by atomic mass is 35.5. The van der Waals surface area contributed by atoms with Crippen molar-refractivity contribution >= 4 is 23.4 Å². The van der Waals surface area contributed by atoms with Crippen LogP contribution in [0.1, 0.15) is 26.7 Å². The fourth-order valence-corrected chi connectivity index (χ4v) is 1.67. The molecule has 0 N–H and O–H groups in total. The lowest BCUT2D eigenvalue weighted by molar-refractivity contribution is 0.147. The van der Waals surface area contributed by atoms with Gasteiger partial charge in [-0.2, -0.15) is 11.8 Å². The smallest absolute Gasteiger partial charge is 0.0556 e. The molecule has 0 aliphatic carbocycles. The van der Waals surface area contributed by atoms with Crippen molar-refractivity contribution in [1.82, 2.24) is 0 Å². The summed E-state index contributed by atoms with van der Waals surface area (Å²) in [7, 11) is 0. The van der Waals surface area contributed by atoms with Crippen LogP contribution in [0.5, 0.6) is 0 Å². The largest absolute Gasteiger partial charge is 0.381 e. The molecule has 0 amide bonds. The van der Waals surface area contributed by atoms with Crippen LogP contribution in [0.3, 0.4) is 0 Å². The molecule has 0 aliphatic rings. The number of unbranched alkanes of at least 4 members (excludes halogenated alkanes) is 1. The Morgan fingerprint density at radius 2 is 2.17 bits per heavy atom. The molecule has 0 aromatic heterocycles. The SMILES string of the molecule is CCCCOCCSC(C)CCl. The minimum Gasteiger partial charge on any atom is -0.381 e. The monoisotopic (exact) mass is 210 g/mol. The summed E-state index contributed by atoms with van der Waals surface area (Å²) in [5, 5.41) is 0.557. The van der Waals surface area contributed by atoms with Gasteiger partial charge in [0.1, 0.15) is 0 Å². The molecule has 0 spiro atoms. The normalized spacial score (nSPS) is 13.2. The van der Waals surface area contributed by atoms with Gasteiger partial charge in [-0.05, 0) is 6.42 Å². The number of alkyl halides is 1. The predicted molar refractivity (Wildman–Crippen MR) is 58.4 cm³/mol. The first kappa shape index (κ1) is 12.6. The fraction of sp³-hybridized carbons (Fsp3) is 1.00. The summed E-state index contributed by atoms with van der Waals surface area (Å²) in [5.41, 5.74) is 0. The third-order valence-corrected chi connectivity index (χ3v) is 3.27. The molecule has 1 unspecified atom stereocenters. The second-order valence-electron chi connectivity index (χ2n) is 2.80. The van der Waals surface area contributed by atoms with E-state index in [4.69, 9.17) is 16.3 Å². The highest BCUT2D eigenvalue weighted by Gasteiger charge is 1.98. The summed E-state index contributed by atoms with van der Waals surface area (Å²) in [6, 6.07) is 0. The average molecular weight is 211 g/mol. The molecule has 0 heterocycles. The Morgan fingerprint density at radius 1 is 1.42 bits per heavy atom. The van der Waals surface area contributed by atoms with Gasteiger partial charge in [0.15, 0.2) is 0 Å².